The number of hydrogen-bond acceptors (Lipinski definition) is 6. The number of aliphatic hydroxyl groups excluding tert-OH is 1. The highest BCUT2D eigenvalue weighted by Crippen LogP contribution is 2.22. The van der Waals surface area contributed by atoms with E-state index >= 15 is 0 Å². The Labute approximate surface area is 128 Å². The molecule has 0 radical (unpaired) electrons. The maximum absolute atomic E-state index is 12.2. The molecule has 0 spiro atoms. The lowest BCUT2D eigenvalue weighted by Crippen LogP contribution is -2.10. The van der Waals surface area contributed by atoms with Gasteiger partial charge < -0.3 is 23.4 Å². The number of rotatable bonds is 9. The van der Waals surface area contributed by atoms with Crippen LogP contribution < -0.4 is 0 Å². The third kappa shape index (κ3) is 4.07. The third-order valence-electron chi connectivity index (χ3n) is 3.00. The fourth-order valence-corrected chi connectivity index (χ4v) is 1.88. The largest absolute Gasteiger partial charge is 0.460 e. The van der Waals surface area contributed by atoms with Gasteiger partial charge in [0.05, 0.1) is 0 Å². The van der Waals surface area contributed by atoms with Crippen molar-refractivity contribution in [2.24, 2.45) is 0 Å². The lowest BCUT2D eigenvalue weighted by Gasteiger charge is -2.05. The van der Waals surface area contributed by atoms with Gasteiger partial charge in [-0.15, -0.1) is 0 Å². The van der Waals surface area contributed by atoms with Gasteiger partial charge in [0.15, 0.2) is 11.9 Å². The van der Waals surface area contributed by atoms with Crippen LogP contribution in [-0.2, 0) is 22.7 Å². The van der Waals surface area contributed by atoms with E-state index in [1.165, 1.54) is 6.07 Å². The first-order valence-corrected chi connectivity index (χ1v) is 7.20. The first-order chi connectivity index (χ1) is 10.7. The van der Waals surface area contributed by atoms with E-state index in [0.29, 0.717) is 37.9 Å². The SMILES string of the molecule is CCOCc1ccc(C(=O)C(O)c2ccc(COCC)o2)o1. The fraction of sp³-hybridized carbons (Fsp3) is 0.438. The zero-order valence-electron chi connectivity index (χ0n) is 12.7. The van der Waals surface area contributed by atoms with Crippen molar-refractivity contribution in [1.29, 1.82) is 0 Å². The summed E-state index contributed by atoms with van der Waals surface area (Å²) in [6.45, 7) is 5.46. The molecule has 1 unspecified atom stereocenters. The smallest absolute Gasteiger partial charge is 0.234 e. The molecule has 0 aromatic carbocycles. The minimum atomic E-state index is -1.40. The van der Waals surface area contributed by atoms with Gasteiger partial charge in [-0.2, -0.15) is 0 Å². The Bertz CT molecular complexity index is 597. The Morgan fingerprint density at radius 1 is 1.05 bits per heavy atom. The summed E-state index contributed by atoms with van der Waals surface area (Å²) in [5, 5.41) is 10.1. The van der Waals surface area contributed by atoms with Crippen LogP contribution in [0.15, 0.2) is 33.1 Å². The van der Waals surface area contributed by atoms with Crippen LogP contribution in [0.25, 0.3) is 0 Å². The molecule has 0 amide bonds. The second-order valence-electron chi connectivity index (χ2n) is 4.61. The highest BCUT2D eigenvalue weighted by atomic mass is 16.5. The van der Waals surface area contributed by atoms with E-state index in [1.54, 1.807) is 18.2 Å². The predicted molar refractivity (Wildman–Crippen MR) is 77.4 cm³/mol. The molecule has 22 heavy (non-hydrogen) atoms. The molecule has 0 bridgehead atoms. The number of hydrogen-bond donors (Lipinski definition) is 1. The summed E-state index contributed by atoms with van der Waals surface area (Å²) in [6.07, 6.45) is -1.40. The molecule has 2 heterocycles. The van der Waals surface area contributed by atoms with Gasteiger partial charge in [-0.1, -0.05) is 0 Å². The molecule has 2 aromatic heterocycles. The van der Waals surface area contributed by atoms with Crippen molar-refractivity contribution in [1.82, 2.24) is 0 Å². The van der Waals surface area contributed by atoms with Crippen LogP contribution in [0.2, 0.25) is 0 Å². The summed E-state index contributed by atoms with van der Waals surface area (Å²) in [5.74, 6) is 0.779. The normalized spacial score (nSPS) is 12.5. The molecule has 120 valence electrons. The average Bonchev–Trinajstić information content (AvgIpc) is 3.18. The van der Waals surface area contributed by atoms with Gasteiger partial charge in [-0.05, 0) is 38.1 Å². The van der Waals surface area contributed by atoms with Gasteiger partial charge in [0.25, 0.3) is 0 Å². The quantitative estimate of drug-likeness (QED) is 0.717. The number of ketones is 1. The highest BCUT2D eigenvalue weighted by Gasteiger charge is 2.25. The topological polar surface area (TPSA) is 82.0 Å². The predicted octanol–water partition coefficient (Wildman–Crippen LogP) is 2.86. The maximum Gasteiger partial charge on any atom is 0.234 e. The van der Waals surface area contributed by atoms with E-state index < -0.39 is 11.9 Å². The Hall–Kier alpha value is -1.89. The number of ether oxygens (including phenoxy) is 2. The molecule has 0 fully saturated rings. The molecule has 0 saturated heterocycles. The molecule has 1 atom stereocenters. The average molecular weight is 308 g/mol. The Kier molecular flexibility index (Phi) is 5.94. The first kappa shape index (κ1) is 16.5. The van der Waals surface area contributed by atoms with Gasteiger partial charge in [-0.25, -0.2) is 0 Å². The number of furan rings is 2. The summed E-state index contributed by atoms with van der Waals surface area (Å²) >= 11 is 0. The number of Topliss-reactive ketones (excluding diaryl/α,β-unsaturated/α-hetero) is 1. The lowest BCUT2D eigenvalue weighted by atomic mass is 10.1. The van der Waals surface area contributed by atoms with Crippen LogP contribution in [0, 0.1) is 0 Å². The van der Waals surface area contributed by atoms with Crippen LogP contribution in [0.4, 0.5) is 0 Å². The fourth-order valence-electron chi connectivity index (χ4n) is 1.88. The van der Waals surface area contributed by atoms with Crippen molar-refractivity contribution in [3.63, 3.8) is 0 Å². The van der Waals surface area contributed by atoms with E-state index in [9.17, 15) is 9.90 Å². The van der Waals surface area contributed by atoms with Crippen molar-refractivity contribution >= 4 is 5.78 Å². The number of carbonyl (C=O) groups is 1. The molecule has 1 N–H and O–H groups in total. The molecular weight excluding hydrogens is 288 g/mol. The van der Waals surface area contributed by atoms with Gasteiger partial charge in [0, 0.05) is 13.2 Å². The molecule has 0 aliphatic heterocycles. The van der Waals surface area contributed by atoms with Crippen molar-refractivity contribution < 1.29 is 28.2 Å². The van der Waals surface area contributed by atoms with Gasteiger partial charge in [-0.3, -0.25) is 4.79 Å². The Balaban J connectivity index is 2.01. The summed E-state index contributed by atoms with van der Waals surface area (Å²) in [6, 6.07) is 6.40. The van der Waals surface area contributed by atoms with Crippen molar-refractivity contribution in [2.45, 2.75) is 33.2 Å². The number of carbonyl (C=O) groups excluding carboxylic acids is 1. The van der Waals surface area contributed by atoms with E-state index in [1.807, 2.05) is 13.8 Å². The second kappa shape index (κ2) is 7.93. The molecule has 2 rings (SSSR count). The summed E-state index contributed by atoms with van der Waals surface area (Å²) in [7, 11) is 0. The first-order valence-electron chi connectivity index (χ1n) is 7.20. The molecule has 0 saturated carbocycles. The zero-order valence-corrected chi connectivity index (χ0v) is 12.7. The summed E-state index contributed by atoms with van der Waals surface area (Å²) in [4.78, 5) is 12.2. The van der Waals surface area contributed by atoms with Crippen LogP contribution in [0.1, 0.15) is 47.8 Å². The molecule has 0 aliphatic rings. The highest BCUT2D eigenvalue weighted by molar-refractivity contribution is 5.97. The van der Waals surface area contributed by atoms with Gasteiger partial charge >= 0.3 is 0 Å². The standard InChI is InChI=1S/C16H20O6/c1-3-19-9-11-5-7-13(21-11)15(17)16(18)14-8-6-12(22-14)10-20-4-2/h5-8,15,17H,3-4,9-10H2,1-2H3. The maximum atomic E-state index is 12.2. The monoisotopic (exact) mass is 308 g/mol. The van der Waals surface area contributed by atoms with Crippen molar-refractivity contribution in [3.05, 3.63) is 47.3 Å². The summed E-state index contributed by atoms with van der Waals surface area (Å²) < 4.78 is 21.2. The Morgan fingerprint density at radius 3 is 2.27 bits per heavy atom. The van der Waals surface area contributed by atoms with Crippen LogP contribution in [-0.4, -0.2) is 24.1 Å². The van der Waals surface area contributed by atoms with E-state index in [4.69, 9.17) is 18.3 Å². The van der Waals surface area contributed by atoms with Crippen molar-refractivity contribution in [3.8, 4) is 0 Å². The van der Waals surface area contributed by atoms with E-state index in [2.05, 4.69) is 0 Å². The number of aliphatic hydroxyl groups is 1. The van der Waals surface area contributed by atoms with Gasteiger partial charge in [0.2, 0.25) is 5.78 Å². The minimum Gasteiger partial charge on any atom is -0.460 e. The molecule has 0 aliphatic carbocycles. The molecule has 2 aromatic rings. The molecule has 6 heteroatoms. The molecule has 6 nitrogen and oxygen atoms in total. The van der Waals surface area contributed by atoms with Crippen LogP contribution >= 0.6 is 0 Å². The molecular formula is C16H20O6. The third-order valence-corrected chi connectivity index (χ3v) is 3.00. The minimum absolute atomic E-state index is 0.0740. The van der Waals surface area contributed by atoms with Crippen LogP contribution in [0.5, 0.6) is 0 Å². The van der Waals surface area contributed by atoms with E-state index in [-0.39, 0.29) is 11.5 Å². The summed E-state index contributed by atoms with van der Waals surface area (Å²) in [5.41, 5.74) is 0. The second-order valence-corrected chi connectivity index (χ2v) is 4.61. The van der Waals surface area contributed by atoms with Gasteiger partial charge in [0.1, 0.15) is 30.5 Å². The Morgan fingerprint density at radius 2 is 1.64 bits per heavy atom. The lowest BCUT2D eigenvalue weighted by molar-refractivity contribution is 0.0644. The van der Waals surface area contributed by atoms with Crippen molar-refractivity contribution in [2.75, 3.05) is 13.2 Å². The van der Waals surface area contributed by atoms with E-state index in [0.717, 1.165) is 0 Å². The zero-order chi connectivity index (χ0) is 15.9. The van der Waals surface area contributed by atoms with Crippen LogP contribution in [0.3, 0.4) is 0 Å².